The Morgan fingerprint density at radius 1 is 1.21 bits per heavy atom. The lowest BCUT2D eigenvalue weighted by Crippen LogP contribution is -2.38. The van der Waals surface area contributed by atoms with Crippen LogP contribution in [0.5, 0.6) is 0 Å². The summed E-state index contributed by atoms with van der Waals surface area (Å²) in [6.45, 7) is 12.4. The normalized spacial score (nSPS) is 16.5. The van der Waals surface area contributed by atoms with E-state index in [1.807, 2.05) is 15.6 Å². The van der Waals surface area contributed by atoms with Gasteiger partial charge >= 0.3 is 0 Å². The summed E-state index contributed by atoms with van der Waals surface area (Å²) in [6, 6.07) is 2.19. The van der Waals surface area contributed by atoms with E-state index in [4.69, 9.17) is 4.98 Å². The quantitative estimate of drug-likeness (QED) is 0.855. The van der Waals surface area contributed by atoms with E-state index in [0.29, 0.717) is 5.92 Å². The van der Waals surface area contributed by atoms with Crippen LogP contribution in [-0.4, -0.2) is 38.7 Å². The van der Waals surface area contributed by atoms with E-state index >= 15 is 0 Å². The van der Waals surface area contributed by atoms with E-state index in [0.717, 1.165) is 48.2 Å². The monoisotopic (exact) mass is 328 g/mol. The smallest absolute Gasteiger partial charge is 0.254 e. The van der Waals surface area contributed by atoms with Crippen molar-refractivity contribution < 1.29 is 4.79 Å². The Hall–Kier alpha value is -1.91. The summed E-state index contributed by atoms with van der Waals surface area (Å²) >= 11 is 0. The van der Waals surface area contributed by atoms with E-state index < -0.39 is 0 Å². The van der Waals surface area contributed by atoms with Crippen LogP contribution in [0.4, 0.5) is 0 Å². The summed E-state index contributed by atoms with van der Waals surface area (Å²) in [5.41, 5.74) is 2.54. The number of amides is 1. The maximum absolute atomic E-state index is 13.1. The predicted molar refractivity (Wildman–Crippen MR) is 96.3 cm³/mol. The lowest BCUT2D eigenvalue weighted by Gasteiger charge is -2.30. The molecule has 0 spiro atoms. The van der Waals surface area contributed by atoms with Gasteiger partial charge in [0.05, 0.1) is 17.1 Å². The molecule has 5 heteroatoms. The van der Waals surface area contributed by atoms with E-state index in [2.05, 4.69) is 39.7 Å². The molecule has 2 aromatic heterocycles. The summed E-state index contributed by atoms with van der Waals surface area (Å²) < 4.78 is 1.91. The summed E-state index contributed by atoms with van der Waals surface area (Å²) in [4.78, 5) is 19.9. The molecule has 0 saturated carbocycles. The van der Waals surface area contributed by atoms with Gasteiger partial charge in [-0.25, -0.2) is 9.67 Å². The van der Waals surface area contributed by atoms with Crippen LogP contribution in [0.25, 0.3) is 11.0 Å². The van der Waals surface area contributed by atoms with Crippen molar-refractivity contribution in [1.29, 1.82) is 0 Å². The highest BCUT2D eigenvalue weighted by Crippen LogP contribution is 2.26. The molecule has 1 aliphatic rings. The van der Waals surface area contributed by atoms with Gasteiger partial charge in [0.2, 0.25) is 0 Å². The fourth-order valence-corrected chi connectivity index (χ4v) is 3.27. The predicted octanol–water partition coefficient (Wildman–Crippen LogP) is 4.01. The second-order valence-corrected chi connectivity index (χ2v) is 7.64. The molecule has 0 atom stereocenters. The number of nitrogens with zero attached hydrogens (tertiary/aromatic N) is 4. The van der Waals surface area contributed by atoms with Gasteiger partial charge < -0.3 is 4.90 Å². The number of pyridine rings is 1. The van der Waals surface area contributed by atoms with Crippen molar-refractivity contribution in [1.82, 2.24) is 19.7 Å². The third-order valence-corrected chi connectivity index (χ3v) is 4.97. The topological polar surface area (TPSA) is 51.0 Å². The lowest BCUT2D eigenvalue weighted by molar-refractivity contribution is 0.0699. The number of carbonyl (C=O) groups is 1. The van der Waals surface area contributed by atoms with Crippen LogP contribution < -0.4 is 0 Å². The zero-order valence-corrected chi connectivity index (χ0v) is 15.4. The minimum absolute atomic E-state index is 0.125. The van der Waals surface area contributed by atoms with Gasteiger partial charge in [-0.05, 0) is 44.6 Å². The molecule has 0 N–H and O–H groups in total. The number of aromatic nitrogens is 3. The van der Waals surface area contributed by atoms with Gasteiger partial charge in [0.1, 0.15) is 0 Å². The van der Waals surface area contributed by atoms with Gasteiger partial charge in [0, 0.05) is 24.8 Å². The number of hydrogen-bond donors (Lipinski definition) is 0. The Labute approximate surface area is 144 Å². The molecule has 0 aliphatic carbocycles. The van der Waals surface area contributed by atoms with Crippen molar-refractivity contribution in [3.8, 4) is 0 Å². The van der Waals surface area contributed by atoms with E-state index in [9.17, 15) is 4.79 Å². The molecule has 1 aliphatic heterocycles. The lowest BCUT2D eigenvalue weighted by atomic mass is 9.98. The zero-order valence-electron chi connectivity index (χ0n) is 15.4. The first-order valence-corrected chi connectivity index (χ1v) is 9.06. The molecule has 3 heterocycles. The minimum atomic E-state index is 0.125. The van der Waals surface area contributed by atoms with E-state index in [-0.39, 0.29) is 17.9 Å². The Bertz CT molecular complexity index is 739. The number of carbonyl (C=O) groups excluding carboxylic acids is 1. The van der Waals surface area contributed by atoms with Gasteiger partial charge in [0.25, 0.3) is 5.91 Å². The summed E-state index contributed by atoms with van der Waals surface area (Å²) in [6.07, 6.45) is 3.97. The summed E-state index contributed by atoms with van der Waals surface area (Å²) in [5.74, 6) is 1.11. The van der Waals surface area contributed by atoms with Crippen LogP contribution in [0.1, 0.15) is 75.5 Å². The van der Waals surface area contributed by atoms with Crippen LogP contribution >= 0.6 is 0 Å². The molecule has 1 fully saturated rings. The Morgan fingerprint density at radius 3 is 2.46 bits per heavy atom. The van der Waals surface area contributed by atoms with Crippen molar-refractivity contribution in [2.24, 2.45) is 5.92 Å². The molecule has 0 aromatic carbocycles. The highest BCUT2D eigenvalue weighted by molar-refractivity contribution is 6.05. The molecule has 130 valence electrons. The van der Waals surface area contributed by atoms with Gasteiger partial charge in [-0.3, -0.25) is 4.79 Å². The van der Waals surface area contributed by atoms with Crippen molar-refractivity contribution in [2.45, 2.75) is 59.4 Å². The van der Waals surface area contributed by atoms with Crippen LogP contribution in [0.2, 0.25) is 0 Å². The number of likely N-dealkylation sites (tertiary alicyclic amines) is 1. The number of piperidine rings is 1. The van der Waals surface area contributed by atoms with Crippen LogP contribution in [0, 0.1) is 5.92 Å². The molecule has 0 bridgehead atoms. The second-order valence-electron chi connectivity index (χ2n) is 7.64. The first-order chi connectivity index (χ1) is 11.4. The highest BCUT2D eigenvalue weighted by Gasteiger charge is 2.25. The second kappa shape index (κ2) is 6.54. The van der Waals surface area contributed by atoms with Crippen molar-refractivity contribution >= 4 is 16.9 Å². The molecular weight excluding hydrogens is 300 g/mol. The maximum atomic E-state index is 13.1. The molecule has 24 heavy (non-hydrogen) atoms. The molecule has 3 rings (SSSR count). The van der Waals surface area contributed by atoms with Gasteiger partial charge in [0.15, 0.2) is 5.65 Å². The average Bonchev–Trinajstić information content (AvgIpc) is 2.98. The highest BCUT2D eigenvalue weighted by atomic mass is 16.2. The fourth-order valence-electron chi connectivity index (χ4n) is 3.27. The Balaban J connectivity index is 2.07. The summed E-state index contributed by atoms with van der Waals surface area (Å²) in [5, 5.41) is 5.35. The van der Waals surface area contributed by atoms with Crippen molar-refractivity contribution in [3.05, 3.63) is 23.5 Å². The molecule has 0 unspecified atom stereocenters. The first-order valence-electron chi connectivity index (χ1n) is 9.06. The number of fused-ring (bicyclic) bond motifs is 1. The van der Waals surface area contributed by atoms with Gasteiger partial charge in [-0.2, -0.15) is 5.10 Å². The Kier molecular flexibility index (Phi) is 4.61. The largest absolute Gasteiger partial charge is 0.339 e. The molecule has 1 saturated heterocycles. The molecule has 0 radical (unpaired) electrons. The zero-order chi connectivity index (χ0) is 17.4. The number of hydrogen-bond acceptors (Lipinski definition) is 3. The van der Waals surface area contributed by atoms with E-state index in [1.165, 1.54) is 0 Å². The van der Waals surface area contributed by atoms with Crippen LogP contribution in [-0.2, 0) is 0 Å². The summed E-state index contributed by atoms with van der Waals surface area (Å²) in [7, 11) is 0. The van der Waals surface area contributed by atoms with Crippen LogP contribution in [0.15, 0.2) is 12.3 Å². The number of rotatable bonds is 3. The molecule has 5 nitrogen and oxygen atoms in total. The van der Waals surface area contributed by atoms with Gasteiger partial charge in [-0.1, -0.05) is 20.8 Å². The van der Waals surface area contributed by atoms with Gasteiger partial charge in [-0.15, -0.1) is 0 Å². The molecule has 1 amide bonds. The molecular formula is C19H28N4O. The fraction of sp³-hybridized carbons (Fsp3) is 0.632. The Morgan fingerprint density at radius 2 is 1.88 bits per heavy atom. The first kappa shape index (κ1) is 16.9. The molecule has 2 aromatic rings. The average molecular weight is 328 g/mol. The standard InChI is InChI=1S/C19H28N4O/c1-12(2)17-10-15(19(24)22-8-6-14(5)7-9-22)16-11-20-23(13(3)4)18(16)21-17/h10-14H,6-9H2,1-5H3. The minimum Gasteiger partial charge on any atom is -0.339 e. The third kappa shape index (κ3) is 3.04. The van der Waals surface area contributed by atoms with Crippen molar-refractivity contribution in [2.75, 3.05) is 13.1 Å². The maximum Gasteiger partial charge on any atom is 0.254 e. The van der Waals surface area contributed by atoms with E-state index in [1.54, 1.807) is 6.20 Å². The third-order valence-electron chi connectivity index (χ3n) is 4.97. The van der Waals surface area contributed by atoms with Crippen molar-refractivity contribution in [3.63, 3.8) is 0 Å². The van der Waals surface area contributed by atoms with Crippen LogP contribution in [0.3, 0.4) is 0 Å². The SMILES string of the molecule is CC1CCN(C(=O)c2cc(C(C)C)nc3c2cnn3C(C)C)CC1.